The summed E-state index contributed by atoms with van der Waals surface area (Å²) in [6.45, 7) is 4.75. The number of amides is 1. The van der Waals surface area contributed by atoms with E-state index >= 15 is 0 Å². The van der Waals surface area contributed by atoms with E-state index in [1.54, 1.807) is 0 Å². The van der Waals surface area contributed by atoms with Crippen LogP contribution in [0.15, 0.2) is 24.3 Å². The van der Waals surface area contributed by atoms with Crippen LogP contribution < -0.4 is 10.1 Å². The molecular weight excluding hydrogens is 190 g/mol. The molecule has 0 aromatic heterocycles. The Hall–Kier alpha value is -1.51. The summed E-state index contributed by atoms with van der Waals surface area (Å²) < 4.78 is 5.46. The fraction of sp³-hybridized carbons (Fsp3) is 0.417. The third-order valence-electron chi connectivity index (χ3n) is 2.17. The lowest BCUT2D eigenvalue weighted by molar-refractivity contribution is -0.110. The third-order valence-corrected chi connectivity index (χ3v) is 2.17. The monoisotopic (exact) mass is 207 g/mol. The van der Waals surface area contributed by atoms with Crippen molar-refractivity contribution in [2.24, 2.45) is 0 Å². The second-order valence-corrected chi connectivity index (χ2v) is 3.42. The van der Waals surface area contributed by atoms with Crippen molar-refractivity contribution >= 4 is 6.41 Å². The first-order valence-corrected chi connectivity index (χ1v) is 5.20. The smallest absolute Gasteiger partial charge is 0.207 e. The van der Waals surface area contributed by atoms with Gasteiger partial charge in [-0.15, -0.1) is 0 Å². The number of hydrogen-bond acceptors (Lipinski definition) is 2. The van der Waals surface area contributed by atoms with E-state index in [0.717, 1.165) is 24.3 Å². The van der Waals surface area contributed by atoms with E-state index in [9.17, 15) is 4.79 Å². The van der Waals surface area contributed by atoms with Crippen LogP contribution in [0.2, 0.25) is 0 Å². The molecule has 1 unspecified atom stereocenters. The maximum Gasteiger partial charge on any atom is 0.207 e. The standard InChI is InChI=1S/C12H17NO2/c1-3-8-15-12-6-4-11(5-7-12)10(2)13-9-14/h4-7,9-10H,3,8H2,1-2H3,(H,13,14). The van der Waals surface area contributed by atoms with Gasteiger partial charge in [0, 0.05) is 0 Å². The van der Waals surface area contributed by atoms with Crippen LogP contribution in [-0.2, 0) is 4.79 Å². The lowest BCUT2D eigenvalue weighted by Crippen LogP contribution is -2.15. The van der Waals surface area contributed by atoms with Gasteiger partial charge in [0.1, 0.15) is 5.75 Å². The molecule has 1 aromatic rings. The second kappa shape index (κ2) is 6.06. The van der Waals surface area contributed by atoms with E-state index in [0.29, 0.717) is 6.41 Å². The Morgan fingerprint density at radius 2 is 2.07 bits per heavy atom. The molecule has 0 heterocycles. The number of carbonyl (C=O) groups is 1. The van der Waals surface area contributed by atoms with Gasteiger partial charge in [0.25, 0.3) is 0 Å². The topological polar surface area (TPSA) is 38.3 Å². The number of hydrogen-bond donors (Lipinski definition) is 1. The highest BCUT2D eigenvalue weighted by molar-refractivity contribution is 5.47. The van der Waals surface area contributed by atoms with Crippen molar-refractivity contribution in [3.8, 4) is 5.75 Å². The molecule has 82 valence electrons. The highest BCUT2D eigenvalue weighted by atomic mass is 16.5. The zero-order chi connectivity index (χ0) is 11.1. The summed E-state index contributed by atoms with van der Waals surface area (Å²) in [7, 11) is 0. The molecule has 0 saturated carbocycles. The molecule has 0 spiro atoms. The Balaban J connectivity index is 2.59. The van der Waals surface area contributed by atoms with Gasteiger partial charge in [0.2, 0.25) is 6.41 Å². The highest BCUT2D eigenvalue weighted by Gasteiger charge is 2.02. The molecular formula is C12H17NO2. The predicted molar refractivity (Wildman–Crippen MR) is 59.8 cm³/mol. The number of ether oxygens (including phenoxy) is 1. The molecule has 0 aliphatic rings. The summed E-state index contributed by atoms with van der Waals surface area (Å²) in [6, 6.07) is 7.82. The van der Waals surface area contributed by atoms with E-state index in [1.165, 1.54) is 0 Å². The Morgan fingerprint density at radius 1 is 1.40 bits per heavy atom. The number of benzene rings is 1. The molecule has 0 saturated heterocycles. The van der Waals surface area contributed by atoms with Crippen molar-refractivity contribution < 1.29 is 9.53 Å². The first-order valence-electron chi connectivity index (χ1n) is 5.20. The van der Waals surface area contributed by atoms with Crippen molar-refractivity contribution in [1.29, 1.82) is 0 Å². The molecule has 1 rings (SSSR count). The second-order valence-electron chi connectivity index (χ2n) is 3.42. The summed E-state index contributed by atoms with van der Waals surface area (Å²) >= 11 is 0. The van der Waals surface area contributed by atoms with Gasteiger partial charge in [-0.2, -0.15) is 0 Å². The van der Waals surface area contributed by atoms with Crippen molar-refractivity contribution in [2.75, 3.05) is 6.61 Å². The summed E-state index contributed by atoms with van der Waals surface area (Å²) in [5, 5.41) is 2.70. The Kier molecular flexibility index (Phi) is 4.68. The Bertz CT molecular complexity index is 295. The van der Waals surface area contributed by atoms with Crippen molar-refractivity contribution in [3.63, 3.8) is 0 Å². The maximum absolute atomic E-state index is 10.3. The van der Waals surface area contributed by atoms with Gasteiger partial charge in [0.05, 0.1) is 12.6 Å². The summed E-state index contributed by atoms with van der Waals surface area (Å²) in [4.78, 5) is 10.3. The molecule has 15 heavy (non-hydrogen) atoms. The van der Waals surface area contributed by atoms with Crippen LogP contribution in [0.3, 0.4) is 0 Å². The van der Waals surface area contributed by atoms with Gasteiger partial charge in [-0.25, -0.2) is 0 Å². The van der Waals surface area contributed by atoms with Crippen LogP contribution in [0.5, 0.6) is 5.75 Å². The lowest BCUT2D eigenvalue weighted by Gasteiger charge is -2.11. The molecule has 3 heteroatoms. The van der Waals surface area contributed by atoms with Gasteiger partial charge < -0.3 is 10.1 Å². The third kappa shape index (κ3) is 3.62. The van der Waals surface area contributed by atoms with Gasteiger partial charge in [-0.05, 0) is 31.0 Å². The van der Waals surface area contributed by atoms with Crippen LogP contribution in [0.1, 0.15) is 31.9 Å². The predicted octanol–water partition coefficient (Wildman–Crippen LogP) is 2.28. The van der Waals surface area contributed by atoms with Crippen LogP contribution >= 0.6 is 0 Å². The van der Waals surface area contributed by atoms with E-state index in [1.807, 2.05) is 31.2 Å². The molecule has 1 aromatic carbocycles. The first kappa shape index (κ1) is 11.6. The van der Waals surface area contributed by atoms with Crippen molar-refractivity contribution in [3.05, 3.63) is 29.8 Å². The minimum Gasteiger partial charge on any atom is -0.494 e. The zero-order valence-electron chi connectivity index (χ0n) is 9.19. The molecule has 0 radical (unpaired) electrons. The molecule has 0 fully saturated rings. The van der Waals surface area contributed by atoms with Crippen molar-refractivity contribution in [1.82, 2.24) is 5.32 Å². The van der Waals surface area contributed by atoms with E-state index in [-0.39, 0.29) is 6.04 Å². The molecule has 1 N–H and O–H groups in total. The fourth-order valence-electron chi connectivity index (χ4n) is 1.27. The molecule has 1 atom stereocenters. The normalized spacial score (nSPS) is 11.9. The number of rotatable bonds is 6. The quantitative estimate of drug-likeness (QED) is 0.727. The molecule has 3 nitrogen and oxygen atoms in total. The molecule has 0 aliphatic carbocycles. The summed E-state index contributed by atoms with van der Waals surface area (Å²) in [5.74, 6) is 0.874. The van der Waals surface area contributed by atoms with Crippen LogP contribution in [0, 0.1) is 0 Å². The maximum atomic E-state index is 10.3. The number of carbonyl (C=O) groups excluding carboxylic acids is 1. The van der Waals surface area contributed by atoms with E-state index in [4.69, 9.17) is 4.74 Å². The largest absolute Gasteiger partial charge is 0.494 e. The fourth-order valence-corrected chi connectivity index (χ4v) is 1.27. The molecule has 1 amide bonds. The zero-order valence-corrected chi connectivity index (χ0v) is 9.19. The average molecular weight is 207 g/mol. The van der Waals surface area contributed by atoms with Crippen LogP contribution in [0.25, 0.3) is 0 Å². The van der Waals surface area contributed by atoms with Crippen LogP contribution in [0.4, 0.5) is 0 Å². The number of nitrogens with one attached hydrogen (secondary N) is 1. The van der Waals surface area contributed by atoms with Gasteiger partial charge in [-0.1, -0.05) is 19.1 Å². The van der Waals surface area contributed by atoms with Gasteiger partial charge in [0.15, 0.2) is 0 Å². The minimum atomic E-state index is 0.0442. The average Bonchev–Trinajstić information content (AvgIpc) is 2.27. The van der Waals surface area contributed by atoms with Gasteiger partial charge in [-0.3, -0.25) is 4.79 Å². The Morgan fingerprint density at radius 3 is 2.60 bits per heavy atom. The molecule has 0 aliphatic heterocycles. The van der Waals surface area contributed by atoms with E-state index < -0.39 is 0 Å². The summed E-state index contributed by atoms with van der Waals surface area (Å²) in [5.41, 5.74) is 1.07. The van der Waals surface area contributed by atoms with Crippen LogP contribution in [-0.4, -0.2) is 13.0 Å². The van der Waals surface area contributed by atoms with Gasteiger partial charge >= 0.3 is 0 Å². The first-order chi connectivity index (χ1) is 7.27. The minimum absolute atomic E-state index is 0.0442. The summed E-state index contributed by atoms with van der Waals surface area (Å²) in [6.07, 6.45) is 1.72. The highest BCUT2D eigenvalue weighted by Crippen LogP contribution is 2.17. The van der Waals surface area contributed by atoms with Crippen molar-refractivity contribution in [2.45, 2.75) is 26.3 Å². The Labute approximate surface area is 90.4 Å². The van der Waals surface area contributed by atoms with E-state index in [2.05, 4.69) is 12.2 Å². The lowest BCUT2D eigenvalue weighted by atomic mass is 10.1. The SMILES string of the molecule is CCCOc1ccc(C(C)NC=O)cc1. The molecule has 0 bridgehead atoms.